The second-order valence-electron chi connectivity index (χ2n) is 3.89. The third-order valence-corrected chi connectivity index (χ3v) is 2.26. The predicted octanol–water partition coefficient (Wildman–Crippen LogP) is 0.895. The van der Waals surface area contributed by atoms with Crippen LogP contribution in [0.4, 0.5) is 11.9 Å². The molecule has 1 aromatic carbocycles. The van der Waals surface area contributed by atoms with E-state index in [1.807, 2.05) is 31.2 Å². The number of anilines is 2. The lowest BCUT2D eigenvalue weighted by atomic mass is 10.2. The van der Waals surface area contributed by atoms with Crippen LogP contribution in [0, 0.1) is 6.92 Å². The third-order valence-electron chi connectivity index (χ3n) is 2.26. The Kier molecular flexibility index (Phi) is 3.87. The maximum Gasteiger partial charge on any atom is 0.225 e. The second-order valence-corrected chi connectivity index (χ2v) is 3.89. The van der Waals surface area contributed by atoms with Crippen molar-refractivity contribution in [2.45, 2.75) is 13.5 Å². The zero-order valence-electron chi connectivity index (χ0n) is 10.4. The molecule has 0 aliphatic rings. The van der Waals surface area contributed by atoms with Gasteiger partial charge in [0.25, 0.3) is 0 Å². The molecule has 7 nitrogen and oxygen atoms in total. The van der Waals surface area contributed by atoms with Gasteiger partial charge in [-0.2, -0.15) is 15.0 Å². The van der Waals surface area contributed by atoms with Crippen molar-refractivity contribution < 1.29 is 4.84 Å². The molecular formula is C12H14N6O. The Labute approximate surface area is 110 Å². The smallest absolute Gasteiger partial charge is 0.225 e. The molecule has 0 aliphatic heterocycles. The van der Waals surface area contributed by atoms with Gasteiger partial charge in [0, 0.05) is 0 Å². The van der Waals surface area contributed by atoms with Gasteiger partial charge in [-0.3, -0.25) is 0 Å². The number of aromatic nitrogens is 3. The molecule has 1 aromatic heterocycles. The van der Waals surface area contributed by atoms with Gasteiger partial charge >= 0.3 is 0 Å². The Balaban J connectivity index is 1.91. The number of nitrogen functional groups attached to an aromatic ring is 2. The summed E-state index contributed by atoms with van der Waals surface area (Å²) in [6.45, 7) is 2.10. The van der Waals surface area contributed by atoms with Crippen molar-refractivity contribution in [3.8, 4) is 0 Å². The van der Waals surface area contributed by atoms with Crippen LogP contribution in [-0.4, -0.2) is 21.2 Å². The number of aryl methyl sites for hydroxylation is 1. The highest BCUT2D eigenvalue weighted by Crippen LogP contribution is 2.02. The Bertz CT molecular complexity index is 561. The van der Waals surface area contributed by atoms with Crippen LogP contribution in [-0.2, 0) is 11.4 Å². The van der Waals surface area contributed by atoms with E-state index in [1.54, 1.807) is 6.21 Å². The van der Waals surface area contributed by atoms with Gasteiger partial charge in [0.05, 0.1) is 6.21 Å². The van der Waals surface area contributed by atoms with Crippen molar-refractivity contribution in [2.24, 2.45) is 5.16 Å². The third kappa shape index (κ3) is 3.91. The lowest BCUT2D eigenvalue weighted by Crippen LogP contribution is -2.07. The Morgan fingerprint density at radius 2 is 1.74 bits per heavy atom. The first-order chi connectivity index (χ1) is 9.13. The number of nitrogens with zero attached hydrogens (tertiary/aromatic N) is 4. The summed E-state index contributed by atoms with van der Waals surface area (Å²) in [6.07, 6.45) is 1.60. The van der Waals surface area contributed by atoms with Crippen molar-refractivity contribution in [2.75, 3.05) is 11.5 Å². The molecule has 0 saturated heterocycles. The Morgan fingerprint density at radius 3 is 2.37 bits per heavy atom. The first-order valence-corrected chi connectivity index (χ1v) is 5.61. The molecule has 1 heterocycles. The minimum Gasteiger partial charge on any atom is -0.388 e. The number of nitrogens with two attached hydrogens (primary N) is 2. The van der Waals surface area contributed by atoms with E-state index in [0.717, 1.165) is 5.56 Å². The van der Waals surface area contributed by atoms with Gasteiger partial charge in [-0.1, -0.05) is 35.0 Å². The maximum atomic E-state index is 5.43. The van der Waals surface area contributed by atoms with E-state index < -0.39 is 0 Å². The fourth-order valence-electron chi connectivity index (χ4n) is 1.37. The minimum atomic E-state index is 0.0635. The van der Waals surface area contributed by atoms with Gasteiger partial charge in [-0.05, 0) is 12.5 Å². The van der Waals surface area contributed by atoms with E-state index in [9.17, 15) is 0 Å². The van der Waals surface area contributed by atoms with E-state index in [2.05, 4.69) is 20.1 Å². The predicted molar refractivity (Wildman–Crippen MR) is 72.2 cm³/mol. The molecule has 0 bridgehead atoms. The van der Waals surface area contributed by atoms with Gasteiger partial charge in [-0.15, -0.1) is 0 Å². The Hall–Kier alpha value is -2.70. The number of rotatable bonds is 4. The van der Waals surface area contributed by atoms with Crippen molar-refractivity contribution in [3.63, 3.8) is 0 Å². The average molecular weight is 258 g/mol. The van der Waals surface area contributed by atoms with Crippen molar-refractivity contribution in [1.82, 2.24) is 15.0 Å². The fraction of sp³-hybridized carbons (Fsp3) is 0.167. The summed E-state index contributed by atoms with van der Waals surface area (Å²) in [6, 6.07) is 7.88. The van der Waals surface area contributed by atoms with Gasteiger partial charge < -0.3 is 16.3 Å². The summed E-state index contributed by atoms with van der Waals surface area (Å²) >= 11 is 0. The summed E-state index contributed by atoms with van der Waals surface area (Å²) in [4.78, 5) is 16.5. The van der Waals surface area contributed by atoms with Crippen molar-refractivity contribution in [1.29, 1.82) is 0 Å². The molecule has 4 N–H and O–H groups in total. The van der Waals surface area contributed by atoms with E-state index in [1.165, 1.54) is 5.56 Å². The molecule has 0 aliphatic carbocycles. The summed E-state index contributed by atoms with van der Waals surface area (Å²) in [5.41, 5.74) is 13.0. The zero-order valence-corrected chi connectivity index (χ0v) is 10.4. The molecule has 2 aromatic rings. The van der Waals surface area contributed by atoms with Crippen LogP contribution in [0.25, 0.3) is 0 Å². The molecule has 0 saturated carbocycles. The summed E-state index contributed by atoms with van der Waals surface area (Å²) in [7, 11) is 0. The van der Waals surface area contributed by atoms with Crippen LogP contribution in [0.1, 0.15) is 17.0 Å². The Morgan fingerprint density at radius 1 is 1.11 bits per heavy atom. The quantitative estimate of drug-likeness (QED) is 0.622. The van der Waals surface area contributed by atoms with Crippen molar-refractivity contribution in [3.05, 3.63) is 41.2 Å². The molecule has 0 atom stereocenters. The number of oxime groups is 1. The van der Waals surface area contributed by atoms with Gasteiger partial charge in [-0.25, -0.2) is 0 Å². The molecule has 0 spiro atoms. The highest BCUT2D eigenvalue weighted by molar-refractivity contribution is 5.79. The van der Waals surface area contributed by atoms with Crippen LogP contribution in [0.15, 0.2) is 29.4 Å². The SMILES string of the molecule is Cc1ccc(/C=N\OCc2nc(N)nc(N)n2)cc1. The van der Waals surface area contributed by atoms with Crippen LogP contribution < -0.4 is 11.5 Å². The van der Waals surface area contributed by atoms with E-state index in [-0.39, 0.29) is 18.5 Å². The molecule has 0 radical (unpaired) electrons. The lowest BCUT2D eigenvalue weighted by molar-refractivity contribution is 0.126. The number of benzene rings is 1. The molecular weight excluding hydrogens is 244 g/mol. The monoisotopic (exact) mass is 258 g/mol. The van der Waals surface area contributed by atoms with Crippen LogP contribution in [0.2, 0.25) is 0 Å². The fourth-order valence-corrected chi connectivity index (χ4v) is 1.37. The molecule has 0 unspecified atom stereocenters. The molecule has 2 rings (SSSR count). The lowest BCUT2D eigenvalue weighted by Gasteiger charge is -2.00. The largest absolute Gasteiger partial charge is 0.388 e. The summed E-state index contributed by atoms with van der Waals surface area (Å²) < 4.78 is 0. The zero-order chi connectivity index (χ0) is 13.7. The molecule has 7 heteroatoms. The van der Waals surface area contributed by atoms with Crippen molar-refractivity contribution >= 4 is 18.1 Å². The second kappa shape index (κ2) is 5.76. The van der Waals surface area contributed by atoms with Crippen LogP contribution >= 0.6 is 0 Å². The van der Waals surface area contributed by atoms with Gasteiger partial charge in [0.1, 0.15) is 0 Å². The van der Waals surface area contributed by atoms with Gasteiger partial charge in [0.2, 0.25) is 11.9 Å². The van der Waals surface area contributed by atoms with E-state index in [4.69, 9.17) is 16.3 Å². The number of hydrogen-bond donors (Lipinski definition) is 2. The standard InChI is InChI=1S/C12H14N6O/c1-8-2-4-9(5-3-8)6-15-19-7-10-16-11(13)18-12(14)17-10/h2-6H,7H2,1H3,(H4,13,14,16,17,18)/b15-6-. The summed E-state index contributed by atoms with van der Waals surface area (Å²) in [5, 5.41) is 3.82. The van der Waals surface area contributed by atoms with Crippen LogP contribution in [0.3, 0.4) is 0 Å². The average Bonchev–Trinajstić information content (AvgIpc) is 2.36. The highest BCUT2D eigenvalue weighted by atomic mass is 16.6. The first-order valence-electron chi connectivity index (χ1n) is 5.61. The number of hydrogen-bond acceptors (Lipinski definition) is 7. The first kappa shape index (κ1) is 12.7. The molecule has 98 valence electrons. The normalized spacial score (nSPS) is 10.8. The molecule has 19 heavy (non-hydrogen) atoms. The molecule has 0 amide bonds. The van der Waals surface area contributed by atoms with Gasteiger partial charge in [0.15, 0.2) is 12.4 Å². The minimum absolute atomic E-state index is 0.0635. The van der Waals surface area contributed by atoms with E-state index in [0.29, 0.717) is 5.82 Å². The topological polar surface area (TPSA) is 112 Å². The maximum absolute atomic E-state index is 5.43. The molecule has 0 fully saturated rings. The summed E-state index contributed by atoms with van der Waals surface area (Å²) in [5.74, 6) is 0.466. The van der Waals surface area contributed by atoms with Crippen LogP contribution in [0.5, 0.6) is 0 Å². The highest BCUT2D eigenvalue weighted by Gasteiger charge is 2.01. The van der Waals surface area contributed by atoms with E-state index >= 15 is 0 Å².